The van der Waals surface area contributed by atoms with Crippen LogP contribution in [0.2, 0.25) is 0 Å². The lowest BCUT2D eigenvalue weighted by Gasteiger charge is -1.81. The maximum Gasteiger partial charge on any atom is 0.00921 e. The van der Waals surface area contributed by atoms with Crippen molar-refractivity contribution in [2.45, 2.75) is 26.2 Å². The maximum absolute atomic E-state index is 3.54. The highest BCUT2D eigenvalue weighted by molar-refractivity contribution is 5.18. The van der Waals surface area contributed by atoms with Gasteiger partial charge in [0.2, 0.25) is 0 Å². The van der Waals surface area contributed by atoms with Gasteiger partial charge in [0.1, 0.15) is 0 Å². The monoisotopic (exact) mass is 134 g/mol. The van der Waals surface area contributed by atoms with Crippen molar-refractivity contribution in [3.63, 3.8) is 0 Å². The molecule has 0 N–H and O–H groups in total. The van der Waals surface area contributed by atoms with E-state index in [9.17, 15) is 0 Å². The quantitative estimate of drug-likeness (QED) is 0.316. The Kier molecular flexibility index (Phi) is 7.27. The molecule has 0 nitrogen and oxygen atoms in total. The minimum absolute atomic E-state index is 1.01. The highest BCUT2D eigenvalue weighted by atomic mass is 13.8. The lowest BCUT2D eigenvalue weighted by atomic mass is 10.2. The van der Waals surface area contributed by atoms with Crippen molar-refractivity contribution in [2.24, 2.45) is 0 Å². The minimum Gasteiger partial charge on any atom is -0.0990 e. The van der Waals surface area contributed by atoms with Crippen LogP contribution in [0.1, 0.15) is 26.2 Å². The minimum atomic E-state index is 1.01. The Morgan fingerprint density at radius 2 is 2.30 bits per heavy atom. The highest BCUT2D eigenvalue weighted by Gasteiger charge is 1.73. The van der Waals surface area contributed by atoms with Gasteiger partial charge in [0.15, 0.2) is 0 Å². The summed E-state index contributed by atoms with van der Waals surface area (Å²) in [5, 5.41) is 0. The maximum atomic E-state index is 3.54. The summed E-state index contributed by atoms with van der Waals surface area (Å²) in [7, 11) is 0. The predicted octanol–water partition coefficient (Wildman–Crippen LogP) is 2.92. The second-order valence-electron chi connectivity index (χ2n) is 2.02. The van der Waals surface area contributed by atoms with Crippen molar-refractivity contribution in [3.05, 3.63) is 24.8 Å². The molecule has 0 radical (unpaired) electrons. The molecule has 0 heteroatoms. The Labute approximate surface area is 63.6 Å². The molecule has 0 amide bonds. The molecule has 0 unspecified atom stereocenters. The second-order valence-corrected chi connectivity index (χ2v) is 2.02. The summed E-state index contributed by atoms with van der Waals surface area (Å²) in [6.45, 7) is 5.71. The van der Waals surface area contributed by atoms with Crippen LogP contribution in [-0.2, 0) is 0 Å². The van der Waals surface area contributed by atoms with Crippen molar-refractivity contribution < 1.29 is 0 Å². The van der Waals surface area contributed by atoms with Gasteiger partial charge in [-0.3, -0.25) is 0 Å². The van der Waals surface area contributed by atoms with Crippen LogP contribution in [0, 0.1) is 11.8 Å². The van der Waals surface area contributed by atoms with Gasteiger partial charge in [-0.25, -0.2) is 0 Å². The molecule has 54 valence electrons. The molecule has 0 spiro atoms. The van der Waals surface area contributed by atoms with Crippen LogP contribution in [0.4, 0.5) is 0 Å². The molecule has 0 aliphatic rings. The standard InChI is InChI=1S/C10H14/c1-3-5-7-9-10-8-6-4-2/h3,5,7H,1,4,6,8H2,2H3. The Balaban J connectivity index is 3.30. The van der Waals surface area contributed by atoms with Gasteiger partial charge in [-0.2, -0.15) is 0 Å². The van der Waals surface area contributed by atoms with E-state index in [0.717, 1.165) is 6.42 Å². The molecule has 0 bridgehead atoms. The lowest BCUT2D eigenvalue weighted by molar-refractivity contribution is 0.828. The fourth-order valence-electron chi connectivity index (χ4n) is 0.512. The van der Waals surface area contributed by atoms with E-state index in [1.165, 1.54) is 12.8 Å². The first-order chi connectivity index (χ1) is 4.91. The van der Waals surface area contributed by atoms with Gasteiger partial charge < -0.3 is 0 Å². The smallest absolute Gasteiger partial charge is 0.00921 e. The van der Waals surface area contributed by atoms with Crippen molar-refractivity contribution in [1.82, 2.24) is 0 Å². The van der Waals surface area contributed by atoms with Gasteiger partial charge in [-0.05, 0) is 12.5 Å². The first-order valence-corrected chi connectivity index (χ1v) is 3.67. The summed E-state index contributed by atoms with van der Waals surface area (Å²) in [6, 6.07) is 0. The molecule has 0 aromatic rings. The molecular formula is C10H14. The fourth-order valence-corrected chi connectivity index (χ4v) is 0.512. The van der Waals surface area contributed by atoms with E-state index >= 15 is 0 Å². The molecule has 0 atom stereocenters. The van der Waals surface area contributed by atoms with E-state index in [2.05, 4.69) is 25.3 Å². The molecule has 0 aliphatic carbocycles. The first-order valence-electron chi connectivity index (χ1n) is 3.67. The molecule has 0 rings (SSSR count). The normalized spacial score (nSPS) is 8.90. The zero-order chi connectivity index (χ0) is 7.66. The van der Waals surface area contributed by atoms with Crippen molar-refractivity contribution in [3.8, 4) is 11.8 Å². The van der Waals surface area contributed by atoms with E-state index in [1.807, 2.05) is 12.2 Å². The summed E-state index contributed by atoms with van der Waals surface area (Å²) >= 11 is 0. The van der Waals surface area contributed by atoms with Gasteiger partial charge in [0.05, 0.1) is 0 Å². The Morgan fingerprint density at radius 3 is 2.90 bits per heavy atom. The summed E-state index contributed by atoms with van der Waals surface area (Å²) < 4.78 is 0. The van der Waals surface area contributed by atoms with Crippen molar-refractivity contribution in [2.75, 3.05) is 0 Å². The number of hydrogen-bond donors (Lipinski definition) is 0. The molecule has 0 saturated heterocycles. The van der Waals surface area contributed by atoms with E-state index in [4.69, 9.17) is 0 Å². The third-order valence-electron chi connectivity index (χ3n) is 1.07. The number of allylic oxidation sites excluding steroid dienone is 3. The SMILES string of the molecule is C=CC=CC#CCCCC. The van der Waals surface area contributed by atoms with Gasteiger partial charge >= 0.3 is 0 Å². The van der Waals surface area contributed by atoms with Gasteiger partial charge in [0.25, 0.3) is 0 Å². The largest absolute Gasteiger partial charge is 0.0990 e. The van der Waals surface area contributed by atoms with E-state index in [0.29, 0.717) is 0 Å². The Bertz CT molecular complexity index is 153. The van der Waals surface area contributed by atoms with Gasteiger partial charge in [0, 0.05) is 6.42 Å². The molecule has 0 aliphatic heterocycles. The Morgan fingerprint density at radius 1 is 1.50 bits per heavy atom. The molecule has 0 fully saturated rings. The average Bonchev–Trinajstić information content (AvgIpc) is 1.97. The van der Waals surface area contributed by atoms with E-state index in [-0.39, 0.29) is 0 Å². The topological polar surface area (TPSA) is 0 Å². The highest BCUT2D eigenvalue weighted by Crippen LogP contribution is 1.90. The van der Waals surface area contributed by atoms with Gasteiger partial charge in [-0.1, -0.05) is 43.9 Å². The molecule has 0 saturated carbocycles. The summed E-state index contributed by atoms with van der Waals surface area (Å²) in [5.41, 5.74) is 0. The number of unbranched alkanes of at least 4 members (excludes halogenated alkanes) is 2. The third-order valence-corrected chi connectivity index (χ3v) is 1.07. The summed E-state index contributed by atoms with van der Waals surface area (Å²) in [6.07, 6.45) is 8.84. The summed E-state index contributed by atoms with van der Waals surface area (Å²) in [4.78, 5) is 0. The van der Waals surface area contributed by atoms with Crippen LogP contribution in [-0.4, -0.2) is 0 Å². The zero-order valence-corrected chi connectivity index (χ0v) is 6.56. The molecule has 10 heavy (non-hydrogen) atoms. The third kappa shape index (κ3) is 7.04. The van der Waals surface area contributed by atoms with Crippen LogP contribution < -0.4 is 0 Å². The Hall–Kier alpha value is -0.960. The van der Waals surface area contributed by atoms with Crippen LogP contribution >= 0.6 is 0 Å². The van der Waals surface area contributed by atoms with Crippen LogP contribution in [0.5, 0.6) is 0 Å². The number of rotatable bonds is 3. The van der Waals surface area contributed by atoms with Crippen LogP contribution in [0.3, 0.4) is 0 Å². The average molecular weight is 134 g/mol. The molecule has 0 heterocycles. The summed E-state index contributed by atoms with van der Waals surface area (Å²) in [5.74, 6) is 5.96. The van der Waals surface area contributed by atoms with E-state index < -0.39 is 0 Å². The molecular weight excluding hydrogens is 120 g/mol. The second kappa shape index (κ2) is 8.04. The van der Waals surface area contributed by atoms with Crippen molar-refractivity contribution in [1.29, 1.82) is 0 Å². The van der Waals surface area contributed by atoms with Crippen LogP contribution in [0.25, 0.3) is 0 Å². The zero-order valence-electron chi connectivity index (χ0n) is 6.56. The van der Waals surface area contributed by atoms with Gasteiger partial charge in [-0.15, -0.1) is 0 Å². The van der Waals surface area contributed by atoms with Crippen LogP contribution in [0.15, 0.2) is 24.8 Å². The molecule has 0 aromatic carbocycles. The van der Waals surface area contributed by atoms with E-state index in [1.54, 1.807) is 6.08 Å². The number of hydrogen-bond acceptors (Lipinski definition) is 0. The first kappa shape index (κ1) is 9.04. The fraction of sp³-hybridized carbons (Fsp3) is 0.400. The van der Waals surface area contributed by atoms with Crippen molar-refractivity contribution >= 4 is 0 Å². The molecule has 0 aromatic heterocycles. The lowest BCUT2D eigenvalue weighted by Crippen LogP contribution is -1.65. The predicted molar refractivity (Wildman–Crippen MR) is 46.6 cm³/mol.